The molecule has 1 heterocycles. The van der Waals surface area contributed by atoms with Crippen molar-refractivity contribution in [2.24, 2.45) is 0 Å². The molecule has 1 aromatic carbocycles. The third kappa shape index (κ3) is 2.68. The van der Waals surface area contributed by atoms with Crippen LogP contribution in [0, 0.1) is 6.92 Å². The van der Waals surface area contributed by atoms with Gasteiger partial charge in [0.2, 0.25) is 0 Å². The molecule has 0 spiro atoms. The number of nitrogens with one attached hydrogen (secondary N) is 1. The summed E-state index contributed by atoms with van der Waals surface area (Å²) < 4.78 is 0. The summed E-state index contributed by atoms with van der Waals surface area (Å²) in [6.07, 6.45) is 2.61. The third-order valence-corrected chi connectivity index (χ3v) is 3.66. The first-order chi connectivity index (χ1) is 6.84. The van der Waals surface area contributed by atoms with E-state index in [1.165, 1.54) is 35.6 Å². The van der Waals surface area contributed by atoms with Crippen molar-refractivity contribution in [1.29, 1.82) is 0 Å². The first-order valence-electron chi connectivity index (χ1n) is 5.25. The van der Waals surface area contributed by atoms with Crippen LogP contribution >= 0.6 is 11.8 Å². The van der Waals surface area contributed by atoms with Crippen molar-refractivity contribution >= 4 is 17.4 Å². The number of rotatable bonds is 2. The summed E-state index contributed by atoms with van der Waals surface area (Å²) in [6, 6.07) is 9.34. The molecular formula is C12H17NS. The van der Waals surface area contributed by atoms with E-state index in [0.717, 1.165) is 0 Å². The maximum Gasteiger partial charge on any atom is 0.0344 e. The molecule has 0 bridgehead atoms. The molecule has 1 nitrogen and oxygen atoms in total. The number of hydrogen-bond acceptors (Lipinski definition) is 2. The lowest BCUT2D eigenvalue weighted by Crippen LogP contribution is -2.24. The molecule has 2 rings (SSSR count). The molecule has 1 aliphatic rings. The van der Waals surface area contributed by atoms with Crippen molar-refractivity contribution in [1.82, 2.24) is 0 Å². The molecule has 76 valence electrons. The maximum absolute atomic E-state index is 3.61. The Morgan fingerprint density at radius 3 is 2.79 bits per heavy atom. The highest BCUT2D eigenvalue weighted by atomic mass is 32.2. The van der Waals surface area contributed by atoms with Gasteiger partial charge in [0.25, 0.3) is 0 Å². The molecule has 0 aromatic heterocycles. The zero-order valence-electron chi connectivity index (χ0n) is 8.62. The van der Waals surface area contributed by atoms with Gasteiger partial charge in [-0.25, -0.2) is 0 Å². The highest BCUT2D eigenvalue weighted by Gasteiger charge is 2.12. The van der Waals surface area contributed by atoms with E-state index in [-0.39, 0.29) is 0 Å². The Labute approximate surface area is 90.3 Å². The first-order valence-corrected chi connectivity index (χ1v) is 6.41. The smallest absolute Gasteiger partial charge is 0.0344 e. The minimum absolute atomic E-state index is 0.693. The van der Waals surface area contributed by atoms with E-state index in [0.29, 0.717) is 6.04 Å². The fourth-order valence-corrected chi connectivity index (χ4v) is 2.92. The molecule has 1 aliphatic heterocycles. The van der Waals surface area contributed by atoms with Crippen LogP contribution in [0.15, 0.2) is 24.3 Å². The minimum Gasteiger partial charge on any atom is -0.382 e. The van der Waals surface area contributed by atoms with E-state index < -0.39 is 0 Å². The van der Waals surface area contributed by atoms with E-state index in [2.05, 4.69) is 48.3 Å². The second kappa shape index (κ2) is 4.74. The number of anilines is 1. The van der Waals surface area contributed by atoms with Crippen molar-refractivity contribution in [2.45, 2.75) is 25.8 Å². The molecule has 0 aliphatic carbocycles. The van der Waals surface area contributed by atoms with Gasteiger partial charge in [-0.2, -0.15) is 11.8 Å². The van der Waals surface area contributed by atoms with Crippen molar-refractivity contribution in [3.8, 4) is 0 Å². The largest absolute Gasteiger partial charge is 0.382 e. The van der Waals surface area contributed by atoms with Crippen LogP contribution in [0.2, 0.25) is 0 Å². The van der Waals surface area contributed by atoms with Crippen LogP contribution in [0.3, 0.4) is 0 Å². The highest BCUT2D eigenvalue weighted by Crippen LogP contribution is 2.21. The molecule has 0 unspecified atom stereocenters. The van der Waals surface area contributed by atoms with E-state index in [9.17, 15) is 0 Å². The molecule has 1 N–H and O–H groups in total. The maximum atomic E-state index is 3.61. The Kier molecular flexibility index (Phi) is 3.35. The summed E-state index contributed by atoms with van der Waals surface area (Å²) in [5.41, 5.74) is 2.61. The molecule has 0 radical (unpaired) electrons. The SMILES string of the molecule is Cc1cccc(NC2CCSCC2)c1. The molecule has 1 fully saturated rings. The zero-order chi connectivity index (χ0) is 9.80. The Balaban J connectivity index is 1.95. The van der Waals surface area contributed by atoms with Crippen molar-refractivity contribution in [3.63, 3.8) is 0 Å². The third-order valence-electron chi connectivity index (χ3n) is 2.61. The Morgan fingerprint density at radius 2 is 2.07 bits per heavy atom. The van der Waals surface area contributed by atoms with Crippen molar-refractivity contribution < 1.29 is 0 Å². The van der Waals surface area contributed by atoms with Gasteiger partial charge in [-0.1, -0.05) is 12.1 Å². The van der Waals surface area contributed by atoms with Gasteiger partial charge in [-0.15, -0.1) is 0 Å². The molecule has 1 aromatic rings. The van der Waals surface area contributed by atoms with E-state index in [1.807, 2.05) is 0 Å². The van der Waals surface area contributed by atoms with Crippen LogP contribution in [0.4, 0.5) is 5.69 Å². The van der Waals surface area contributed by atoms with Crippen LogP contribution in [-0.4, -0.2) is 17.5 Å². The predicted molar refractivity (Wildman–Crippen MR) is 65.1 cm³/mol. The van der Waals surface area contributed by atoms with Crippen molar-refractivity contribution in [2.75, 3.05) is 16.8 Å². The summed E-state index contributed by atoms with van der Waals surface area (Å²) in [4.78, 5) is 0. The van der Waals surface area contributed by atoms with Crippen LogP contribution in [0.1, 0.15) is 18.4 Å². The summed E-state index contributed by atoms with van der Waals surface area (Å²) >= 11 is 2.07. The van der Waals surface area contributed by atoms with Gasteiger partial charge in [0, 0.05) is 11.7 Å². The van der Waals surface area contributed by atoms with Gasteiger partial charge >= 0.3 is 0 Å². The van der Waals surface area contributed by atoms with E-state index in [1.54, 1.807) is 0 Å². The summed E-state index contributed by atoms with van der Waals surface area (Å²) in [6.45, 7) is 2.14. The fourth-order valence-electron chi connectivity index (χ4n) is 1.81. The zero-order valence-corrected chi connectivity index (χ0v) is 9.44. The predicted octanol–water partition coefficient (Wildman–Crippen LogP) is 3.30. The monoisotopic (exact) mass is 207 g/mol. The molecule has 0 atom stereocenters. The number of aryl methyl sites for hydroxylation is 1. The average molecular weight is 207 g/mol. The Hall–Kier alpha value is -0.630. The highest BCUT2D eigenvalue weighted by molar-refractivity contribution is 7.99. The lowest BCUT2D eigenvalue weighted by atomic mass is 10.1. The Bertz CT molecular complexity index is 292. The lowest BCUT2D eigenvalue weighted by Gasteiger charge is -2.23. The number of hydrogen-bond donors (Lipinski definition) is 1. The molecule has 14 heavy (non-hydrogen) atoms. The summed E-state index contributed by atoms with van der Waals surface area (Å²) in [5, 5.41) is 3.61. The van der Waals surface area contributed by atoms with Gasteiger partial charge < -0.3 is 5.32 Å². The van der Waals surface area contributed by atoms with Crippen LogP contribution < -0.4 is 5.32 Å². The van der Waals surface area contributed by atoms with Crippen molar-refractivity contribution in [3.05, 3.63) is 29.8 Å². The summed E-state index contributed by atoms with van der Waals surface area (Å²) in [5.74, 6) is 2.62. The molecule has 0 saturated carbocycles. The van der Waals surface area contributed by atoms with Crippen LogP contribution in [-0.2, 0) is 0 Å². The molecule has 1 saturated heterocycles. The number of thioether (sulfide) groups is 1. The fraction of sp³-hybridized carbons (Fsp3) is 0.500. The normalized spacial score (nSPS) is 18.1. The minimum atomic E-state index is 0.693. The Morgan fingerprint density at radius 1 is 1.29 bits per heavy atom. The average Bonchev–Trinajstić information content (AvgIpc) is 2.19. The van der Waals surface area contributed by atoms with Gasteiger partial charge in [0.1, 0.15) is 0 Å². The topological polar surface area (TPSA) is 12.0 Å². The molecule has 0 amide bonds. The second-order valence-corrected chi connectivity index (χ2v) is 5.13. The van der Waals surface area contributed by atoms with E-state index >= 15 is 0 Å². The van der Waals surface area contributed by atoms with Gasteiger partial charge in [0.15, 0.2) is 0 Å². The van der Waals surface area contributed by atoms with Crippen LogP contribution in [0.5, 0.6) is 0 Å². The summed E-state index contributed by atoms with van der Waals surface area (Å²) in [7, 11) is 0. The standard InChI is InChI=1S/C12H17NS/c1-10-3-2-4-12(9-10)13-11-5-7-14-8-6-11/h2-4,9,11,13H,5-8H2,1H3. The van der Waals surface area contributed by atoms with Gasteiger partial charge in [0.05, 0.1) is 0 Å². The van der Waals surface area contributed by atoms with E-state index in [4.69, 9.17) is 0 Å². The van der Waals surface area contributed by atoms with Gasteiger partial charge in [-0.05, 0) is 49.0 Å². The first kappa shape index (κ1) is 9.91. The molecular weight excluding hydrogens is 190 g/mol. The quantitative estimate of drug-likeness (QED) is 0.798. The second-order valence-electron chi connectivity index (χ2n) is 3.90. The molecule has 2 heteroatoms. The van der Waals surface area contributed by atoms with Gasteiger partial charge in [-0.3, -0.25) is 0 Å². The van der Waals surface area contributed by atoms with Crippen LogP contribution in [0.25, 0.3) is 0 Å². The number of benzene rings is 1. The lowest BCUT2D eigenvalue weighted by molar-refractivity contribution is 0.667.